The van der Waals surface area contributed by atoms with Crippen LogP contribution in [0.4, 0.5) is 0 Å². The maximum absolute atomic E-state index is 6.01. The largest absolute Gasteiger partial charge is 0.350 e. The van der Waals surface area contributed by atoms with Gasteiger partial charge in [0.2, 0.25) is 5.28 Å². The molecule has 18 heavy (non-hydrogen) atoms. The second-order valence-corrected chi connectivity index (χ2v) is 4.80. The van der Waals surface area contributed by atoms with Crippen molar-refractivity contribution in [3.05, 3.63) is 47.0 Å². The van der Waals surface area contributed by atoms with Crippen molar-refractivity contribution >= 4 is 34.1 Å². The van der Waals surface area contributed by atoms with E-state index in [1.807, 2.05) is 42.1 Å². The standard InChI is InChI=1S/C13H9Cl2N3/c1-18-7-10(11-4-5-16-13(15)17-11)9-3-2-8(14)6-12(9)18/h2-7H,1H3. The Morgan fingerprint density at radius 3 is 2.78 bits per heavy atom. The second kappa shape index (κ2) is 4.26. The van der Waals surface area contributed by atoms with Crippen molar-refractivity contribution in [1.29, 1.82) is 0 Å². The molecular weight excluding hydrogens is 269 g/mol. The third-order valence-electron chi connectivity index (χ3n) is 2.85. The number of hydrogen-bond acceptors (Lipinski definition) is 2. The fraction of sp³-hybridized carbons (Fsp3) is 0.0769. The molecule has 0 amide bonds. The van der Waals surface area contributed by atoms with Crippen LogP contribution < -0.4 is 0 Å². The third kappa shape index (κ3) is 1.85. The minimum atomic E-state index is 0.249. The Morgan fingerprint density at radius 1 is 1.17 bits per heavy atom. The lowest BCUT2D eigenvalue weighted by atomic mass is 10.1. The highest BCUT2D eigenvalue weighted by Gasteiger charge is 2.10. The van der Waals surface area contributed by atoms with Crippen molar-refractivity contribution in [1.82, 2.24) is 14.5 Å². The minimum Gasteiger partial charge on any atom is -0.350 e. The maximum atomic E-state index is 6.01. The number of halogens is 2. The summed E-state index contributed by atoms with van der Waals surface area (Å²) in [5.41, 5.74) is 2.89. The molecular formula is C13H9Cl2N3. The molecule has 0 spiro atoms. The number of nitrogens with zero attached hydrogens (tertiary/aromatic N) is 3. The molecule has 2 heterocycles. The first-order chi connectivity index (χ1) is 8.65. The van der Waals surface area contributed by atoms with E-state index < -0.39 is 0 Å². The van der Waals surface area contributed by atoms with E-state index >= 15 is 0 Å². The zero-order chi connectivity index (χ0) is 12.7. The highest BCUT2D eigenvalue weighted by molar-refractivity contribution is 6.31. The van der Waals surface area contributed by atoms with Gasteiger partial charge in [0.05, 0.1) is 5.69 Å². The van der Waals surface area contributed by atoms with Crippen molar-refractivity contribution < 1.29 is 0 Å². The number of aryl methyl sites for hydroxylation is 1. The molecule has 0 radical (unpaired) electrons. The van der Waals surface area contributed by atoms with Gasteiger partial charge >= 0.3 is 0 Å². The van der Waals surface area contributed by atoms with Crippen molar-refractivity contribution in [3.63, 3.8) is 0 Å². The van der Waals surface area contributed by atoms with Crippen LogP contribution in [0.5, 0.6) is 0 Å². The van der Waals surface area contributed by atoms with Gasteiger partial charge in [-0.3, -0.25) is 0 Å². The first-order valence-corrected chi connectivity index (χ1v) is 6.14. The summed E-state index contributed by atoms with van der Waals surface area (Å²) in [6, 6.07) is 7.64. The van der Waals surface area contributed by atoms with Gasteiger partial charge in [-0.1, -0.05) is 17.7 Å². The first kappa shape index (κ1) is 11.5. The fourth-order valence-electron chi connectivity index (χ4n) is 2.05. The van der Waals surface area contributed by atoms with E-state index in [1.54, 1.807) is 6.20 Å². The Morgan fingerprint density at radius 2 is 2.00 bits per heavy atom. The lowest BCUT2D eigenvalue weighted by Gasteiger charge is -1.99. The minimum absolute atomic E-state index is 0.249. The zero-order valence-corrected chi connectivity index (χ0v) is 11.1. The molecule has 0 unspecified atom stereocenters. The predicted molar refractivity (Wildman–Crippen MR) is 74.0 cm³/mol. The summed E-state index contributed by atoms with van der Waals surface area (Å²) in [4.78, 5) is 8.13. The van der Waals surface area contributed by atoms with Crippen LogP contribution in [0.1, 0.15) is 0 Å². The molecule has 0 N–H and O–H groups in total. The van der Waals surface area contributed by atoms with Gasteiger partial charge in [0.1, 0.15) is 0 Å². The van der Waals surface area contributed by atoms with Crippen LogP contribution in [0.15, 0.2) is 36.7 Å². The molecule has 0 fully saturated rings. The lowest BCUT2D eigenvalue weighted by molar-refractivity contribution is 0.969. The zero-order valence-electron chi connectivity index (χ0n) is 9.56. The van der Waals surface area contributed by atoms with Gasteiger partial charge < -0.3 is 4.57 Å². The van der Waals surface area contributed by atoms with E-state index in [-0.39, 0.29) is 5.28 Å². The van der Waals surface area contributed by atoms with Crippen LogP contribution in [0, 0.1) is 0 Å². The Kier molecular flexibility index (Phi) is 2.73. The molecule has 3 rings (SSSR count). The van der Waals surface area contributed by atoms with E-state index in [1.165, 1.54) is 0 Å². The van der Waals surface area contributed by atoms with Crippen molar-refractivity contribution in [2.24, 2.45) is 7.05 Å². The van der Waals surface area contributed by atoms with E-state index in [2.05, 4.69) is 9.97 Å². The van der Waals surface area contributed by atoms with E-state index in [4.69, 9.17) is 23.2 Å². The number of rotatable bonds is 1. The molecule has 3 aromatic rings. The monoisotopic (exact) mass is 277 g/mol. The van der Waals surface area contributed by atoms with Crippen molar-refractivity contribution in [2.45, 2.75) is 0 Å². The van der Waals surface area contributed by atoms with Crippen LogP contribution in [0.25, 0.3) is 22.2 Å². The topological polar surface area (TPSA) is 30.7 Å². The van der Waals surface area contributed by atoms with Crippen molar-refractivity contribution in [2.75, 3.05) is 0 Å². The number of benzene rings is 1. The predicted octanol–water partition coefficient (Wildman–Crippen LogP) is 3.94. The normalized spacial score (nSPS) is 11.1. The molecule has 90 valence electrons. The summed E-state index contributed by atoms with van der Waals surface area (Å²) < 4.78 is 2.02. The molecule has 0 aliphatic heterocycles. The van der Waals surface area contributed by atoms with E-state index in [9.17, 15) is 0 Å². The Balaban J connectivity index is 2.30. The smallest absolute Gasteiger partial charge is 0.222 e. The Hall–Kier alpha value is -1.58. The quantitative estimate of drug-likeness (QED) is 0.631. The van der Waals surface area contributed by atoms with Crippen molar-refractivity contribution in [3.8, 4) is 11.3 Å². The molecule has 3 nitrogen and oxygen atoms in total. The van der Waals surface area contributed by atoms with Gasteiger partial charge in [0.15, 0.2) is 0 Å². The van der Waals surface area contributed by atoms with Gasteiger partial charge in [-0.15, -0.1) is 0 Å². The molecule has 2 aromatic heterocycles. The molecule has 0 atom stereocenters. The highest BCUT2D eigenvalue weighted by Crippen LogP contribution is 2.30. The van der Waals surface area contributed by atoms with Gasteiger partial charge in [-0.25, -0.2) is 9.97 Å². The number of aromatic nitrogens is 3. The molecule has 0 saturated carbocycles. The average molecular weight is 278 g/mol. The molecule has 0 bridgehead atoms. The van der Waals surface area contributed by atoms with E-state index in [0.717, 1.165) is 27.2 Å². The van der Waals surface area contributed by atoms with Gasteiger partial charge in [0.25, 0.3) is 0 Å². The fourth-order valence-corrected chi connectivity index (χ4v) is 2.36. The third-order valence-corrected chi connectivity index (χ3v) is 3.27. The molecule has 0 aliphatic rings. The summed E-state index contributed by atoms with van der Waals surface area (Å²) in [7, 11) is 1.98. The Bertz CT molecular complexity index is 734. The molecule has 1 aromatic carbocycles. The van der Waals surface area contributed by atoms with Crippen LogP contribution in [0.3, 0.4) is 0 Å². The number of hydrogen-bond donors (Lipinski definition) is 0. The summed E-state index contributed by atoms with van der Waals surface area (Å²) in [6.07, 6.45) is 3.67. The second-order valence-electron chi connectivity index (χ2n) is 4.03. The lowest BCUT2D eigenvalue weighted by Crippen LogP contribution is -1.85. The molecule has 5 heteroatoms. The maximum Gasteiger partial charge on any atom is 0.222 e. The molecule has 0 aliphatic carbocycles. The summed E-state index contributed by atoms with van der Waals surface area (Å²) in [5, 5.41) is 2.06. The summed E-state index contributed by atoms with van der Waals surface area (Å²) in [6.45, 7) is 0. The SMILES string of the molecule is Cn1cc(-c2ccnc(Cl)n2)c2ccc(Cl)cc21. The first-order valence-electron chi connectivity index (χ1n) is 5.38. The van der Waals surface area contributed by atoms with E-state index in [0.29, 0.717) is 0 Å². The Labute approximate surface area is 114 Å². The summed E-state index contributed by atoms with van der Waals surface area (Å²) in [5.74, 6) is 0. The van der Waals surface area contributed by atoms with Gasteiger partial charge in [0, 0.05) is 40.9 Å². The van der Waals surface area contributed by atoms with Crippen LogP contribution in [0.2, 0.25) is 10.3 Å². The number of fused-ring (bicyclic) bond motifs is 1. The molecule has 0 saturated heterocycles. The van der Waals surface area contributed by atoms with Crippen LogP contribution in [-0.2, 0) is 7.05 Å². The highest BCUT2D eigenvalue weighted by atomic mass is 35.5. The van der Waals surface area contributed by atoms with Gasteiger partial charge in [-0.2, -0.15) is 0 Å². The van der Waals surface area contributed by atoms with Crippen LogP contribution in [-0.4, -0.2) is 14.5 Å². The average Bonchev–Trinajstić information content (AvgIpc) is 2.67. The van der Waals surface area contributed by atoms with Crippen LogP contribution >= 0.6 is 23.2 Å². The summed E-state index contributed by atoms with van der Waals surface area (Å²) >= 11 is 11.8. The van der Waals surface area contributed by atoms with Gasteiger partial charge in [-0.05, 0) is 29.8 Å².